The molecule has 5 N–H and O–H groups in total. The molecule has 0 aliphatic carbocycles. The van der Waals surface area contributed by atoms with Crippen molar-refractivity contribution in [1.29, 1.82) is 10.5 Å². The van der Waals surface area contributed by atoms with Crippen molar-refractivity contribution in [2.45, 2.75) is 0 Å². The first kappa shape index (κ1) is 15.5. The largest absolute Gasteiger partial charge is 0.492 e. The molecule has 1 aromatic carbocycles. The van der Waals surface area contributed by atoms with Crippen LogP contribution in [0.25, 0.3) is 11.1 Å². The Balaban J connectivity index is 2.60. The summed E-state index contributed by atoms with van der Waals surface area (Å²) in [7, 11) is 0. The van der Waals surface area contributed by atoms with Gasteiger partial charge in [0.25, 0.3) is 0 Å². The molecule has 0 bridgehead atoms. The van der Waals surface area contributed by atoms with E-state index in [9.17, 15) is 10.5 Å². The number of pyridine rings is 1. The van der Waals surface area contributed by atoms with Crippen LogP contribution >= 0.6 is 12.2 Å². The summed E-state index contributed by atoms with van der Waals surface area (Å²) in [5, 5.41) is 18.6. The maximum Gasteiger partial charge on any atom is 0.123 e. The van der Waals surface area contributed by atoms with Crippen LogP contribution in [0.15, 0.2) is 24.3 Å². The lowest BCUT2D eigenvalue weighted by Gasteiger charge is -2.11. The number of nitriles is 2. The maximum atomic E-state index is 9.32. The minimum absolute atomic E-state index is 0.143. The fraction of sp³-hybridized carbons (Fsp3) is 0.133. The first-order valence-corrected chi connectivity index (χ1v) is 6.82. The van der Waals surface area contributed by atoms with Crippen LogP contribution in [-0.4, -0.2) is 18.1 Å². The number of nitrogens with two attached hydrogens (primary N) is 2. The van der Waals surface area contributed by atoms with Crippen LogP contribution in [0, 0.1) is 27.3 Å². The van der Waals surface area contributed by atoms with Crippen molar-refractivity contribution in [3.8, 4) is 29.0 Å². The Labute approximate surface area is 132 Å². The van der Waals surface area contributed by atoms with Crippen molar-refractivity contribution in [2.24, 2.45) is 5.73 Å². The van der Waals surface area contributed by atoms with Crippen LogP contribution < -0.4 is 16.2 Å². The molecule has 110 valence electrons. The number of rotatable bonds is 4. The zero-order valence-corrected chi connectivity index (χ0v) is 12.4. The zero-order chi connectivity index (χ0) is 16.1. The number of hydrogen-bond donors (Lipinski definition) is 3. The van der Waals surface area contributed by atoms with Crippen molar-refractivity contribution < 1.29 is 4.74 Å². The molecule has 22 heavy (non-hydrogen) atoms. The van der Waals surface area contributed by atoms with Gasteiger partial charge in [-0.3, -0.25) is 0 Å². The quantitative estimate of drug-likeness (QED) is 0.742. The molecule has 0 fully saturated rings. The van der Waals surface area contributed by atoms with Gasteiger partial charge in [0.2, 0.25) is 0 Å². The SMILES string of the molecule is N#Cc1c(N)[nH]c(=S)c(C#N)c1-c1ccc(OCCN)cc1. The van der Waals surface area contributed by atoms with E-state index in [-0.39, 0.29) is 21.6 Å². The molecular formula is C15H13N5OS. The first-order valence-electron chi connectivity index (χ1n) is 6.41. The number of benzene rings is 1. The van der Waals surface area contributed by atoms with E-state index in [1.807, 2.05) is 12.1 Å². The van der Waals surface area contributed by atoms with E-state index >= 15 is 0 Å². The molecule has 1 aromatic heterocycles. The lowest BCUT2D eigenvalue weighted by Crippen LogP contribution is -2.10. The third kappa shape index (κ3) is 2.91. The van der Waals surface area contributed by atoms with Crippen molar-refractivity contribution in [3.05, 3.63) is 40.0 Å². The van der Waals surface area contributed by atoms with Gasteiger partial charge in [-0.25, -0.2) is 0 Å². The van der Waals surface area contributed by atoms with E-state index in [2.05, 4.69) is 4.98 Å². The molecule has 6 nitrogen and oxygen atoms in total. The molecule has 0 radical (unpaired) electrons. The third-order valence-corrected chi connectivity index (χ3v) is 3.30. The Bertz CT molecular complexity index is 827. The standard InChI is InChI=1S/C15H13N5OS/c16-5-6-21-10-3-1-9(2-4-10)13-11(7-17)14(19)20-15(22)12(13)8-18/h1-4H,5-6,16H2,(H3,19,20,22). The Morgan fingerprint density at radius 2 is 1.77 bits per heavy atom. The average Bonchev–Trinajstić information content (AvgIpc) is 2.53. The second-order valence-electron chi connectivity index (χ2n) is 4.38. The number of nitrogen functional groups attached to an aromatic ring is 1. The average molecular weight is 311 g/mol. The molecule has 7 heteroatoms. The second-order valence-corrected chi connectivity index (χ2v) is 4.79. The molecule has 0 saturated carbocycles. The highest BCUT2D eigenvalue weighted by molar-refractivity contribution is 7.71. The van der Waals surface area contributed by atoms with Gasteiger partial charge in [0, 0.05) is 12.1 Å². The Morgan fingerprint density at radius 3 is 2.32 bits per heavy atom. The molecule has 0 aliphatic rings. The van der Waals surface area contributed by atoms with Gasteiger partial charge in [0.05, 0.1) is 5.56 Å². The van der Waals surface area contributed by atoms with Crippen molar-refractivity contribution in [1.82, 2.24) is 4.98 Å². The third-order valence-electron chi connectivity index (χ3n) is 3.00. The minimum atomic E-state index is 0.143. The van der Waals surface area contributed by atoms with Gasteiger partial charge in [-0.15, -0.1) is 0 Å². The molecular weight excluding hydrogens is 298 g/mol. The first-order chi connectivity index (χ1) is 10.6. The van der Waals surface area contributed by atoms with E-state index in [1.54, 1.807) is 24.3 Å². The fourth-order valence-corrected chi connectivity index (χ4v) is 2.28. The number of nitrogens with zero attached hydrogens (tertiary/aromatic N) is 2. The normalized spacial score (nSPS) is 9.77. The monoisotopic (exact) mass is 311 g/mol. The summed E-state index contributed by atoms with van der Waals surface area (Å²) in [6.45, 7) is 0.832. The minimum Gasteiger partial charge on any atom is -0.492 e. The van der Waals surface area contributed by atoms with Crippen LogP contribution in [-0.2, 0) is 0 Å². The molecule has 0 spiro atoms. The topological polar surface area (TPSA) is 125 Å². The van der Waals surface area contributed by atoms with Gasteiger partial charge in [0.1, 0.15) is 40.5 Å². The lowest BCUT2D eigenvalue weighted by atomic mass is 9.97. The van der Waals surface area contributed by atoms with E-state index in [1.165, 1.54) is 0 Å². The summed E-state index contributed by atoms with van der Waals surface area (Å²) in [4.78, 5) is 2.67. The second kappa shape index (κ2) is 6.72. The fourth-order valence-electron chi connectivity index (χ4n) is 2.03. The van der Waals surface area contributed by atoms with Crippen molar-refractivity contribution in [2.75, 3.05) is 18.9 Å². The number of hydrogen-bond acceptors (Lipinski definition) is 6. The van der Waals surface area contributed by atoms with Crippen molar-refractivity contribution in [3.63, 3.8) is 0 Å². The summed E-state index contributed by atoms with van der Waals surface area (Å²) < 4.78 is 5.61. The predicted molar refractivity (Wildman–Crippen MR) is 85.5 cm³/mol. The summed E-state index contributed by atoms with van der Waals surface area (Å²) in [5.74, 6) is 0.797. The van der Waals surface area contributed by atoms with Crippen LogP contribution in [0.2, 0.25) is 0 Å². The lowest BCUT2D eigenvalue weighted by molar-refractivity contribution is 0.328. The van der Waals surface area contributed by atoms with E-state index in [0.29, 0.717) is 30.0 Å². The van der Waals surface area contributed by atoms with Crippen molar-refractivity contribution >= 4 is 18.0 Å². The van der Waals surface area contributed by atoms with Crippen LogP contribution in [0.5, 0.6) is 5.75 Å². The molecule has 0 aliphatic heterocycles. The van der Waals surface area contributed by atoms with E-state index in [4.69, 9.17) is 28.4 Å². The highest BCUT2D eigenvalue weighted by atomic mass is 32.1. The zero-order valence-electron chi connectivity index (χ0n) is 11.6. The van der Waals surface area contributed by atoms with E-state index < -0.39 is 0 Å². The molecule has 0 saturated heterocycles. The molecule has 0 unspecified atom stereocenters. The molecule has 2 aromatic rings. The number of ether oxygens (including phenoxy) is 1. The number of anilines is 1. The van der Waals surface area contributed by atoms with Gasteiger partial charge in [0.15, 0.2) is 0 Å². The van der Waals surface area contributed by atoms with Crippen LogP contribution in [0.4, 0.5) is 5.82 Å². The summed E-state index contributed by atoms with van der Waals surface area (Å²) in [6.07, 6.45) is 0. The smallest absolute Gasteiger partial charge is 0.123 e. The summed E-state index contributed by atoms with van der Waals surface area (Å²) in [5.41, 5.74) is 12.7. The number of aromatic amines is 1. The maximum absolute atomic E-state index is 9.32. The molecule has 1 heterocycles. The van der Waals surface area contributed by atoms with Gasteiger partial charge < -0.3 is 21.2 Å². The number of nitrogens with one attached hydrogen (secondary N) is 1. The highest BCUT2D eigenvalue weighted by Crippen LogP contribution is 2.31. The van der Waals surface area contributed by atoms with Gasteiger partial charge in [-0.1, -0.05) is 24.4 Å². The van der Waals surface area contributed by atoms with E-state index in [0.717, 1.165) is 0 Å². The van der Waals surface area contributed by atoms with Crippen LogP contribution in [0.1, 0.15) is 11.1 Å². The summed E-state index contributed by atoms with van der Waals surface area (Å²) in [6, 6.07) is 11.0. The van der Waals surface area contributed by atoms with Gasteiger partial charge in [-0.05, 0) is 17.7 Å². The van der Waals surface area contributed by atoms with Crippen LogP contribution in [0.3, 0.4) is 0 Å². The Hall–Kier alpha value is -2.87. The molecule has 2 rings (SSSR count). The predicted octanol–water partition coefficient (Wildman–Crippen LogP) is 2.07. The van der Waals surface area contributed by atoms with Gasteiger partial charge >= 0.3 is 0 Å². The summed E-state index contributed by atoms with van der Waals surface area (Å²) >= 11 is 5.11. The number of H-pyrrole nitrogens is 1. The number of aromatic nitrogens is 1. The Kier molecular flexibility index (Phi) is 4.74. The molecule has 0 amide bonds. The van der Waals surface area contributed by atoms with Gasteiger partial charge in [-0.2, -0.15) is 10.5 Å². The highest BCUT2D eigenvalue weighted by Gasteiger charge is 2.16. The Morgan fingerprint density at radius 1 is 1.14 bits per heavy atom. The molecule has 0 atom stereocenters.